The van der Waals surface area contributed by atoms with Crippen LogP contribution in [0, 0.1) is 0 Å². The van der Waals surface area contributed by atoms with Crippen molar-refractivity contribution in [2.45, 2.75) is 12.5 Å². The zero-order chi connectivity index (χ0) is 13.9. The van der Waals surface area contributed by atoms with Crippen molar-refractivity contribution in [2.24, 2.45) is 0 Å². The predicted molar refractivity (Wildman–Crippen MR) is 76.7 cm³/mol. The van der Waals surface area contributed by atoms with Crippen molar-refractivity contribution in [3.8, 4) is 17.2 Å². The average molecular weight is 274 g/mol. The van der Waals surface area contributed by atoms with Gasteiger partial charge >= 0.3 is 0 Å². The highest BCUT2D eigenvalue weighted by atomic mass is 16.5. The van der Waals surface area contributed by atoms with Crippen LogP contribution in [0.5, 0.6) is 17.2 Å². The number of benzene rings is 1. The van der Waals surface area contributed by atoms with Crippen molar-refractivity contribution in [3.63, 3.8) is 0 Å². The summed E-state index contributed by atoms with van der Waals surface area (Å²) in [4.78, 5) is 4.37. The van der Waals surface area contributed by atoms with Crippen LogP contribution in [-0.2, 0) is 0 Å². The molecule has 2 aromatic rings. The maximum Gasteiger partial charge on any atom is 0.162 e. The molecule has 1 fully saturated rings. The Morgan fingerprint density at radius 1 is 1.15 bits per heavy atom. The van der Waals surface area contributed by atoms with Gasteiger partial charge in [0.1, 0.15) is 11.9 Å². The van der Waals surface area contributed by atoms with E-state index in [9.17, 15) is 0 Å². The minimum atomic E-state index is 0.216. The van der Waals surface area contributed by atoms with Gasteiger partial charge in [-0.2, -0.15) is 0 Å². The molecule has 0 spiro atoms. The van der Waals surface area contributed by atoms with E-state index in [4.69, 9.17) is 14.2 Å². The molecule has 2 heterocycles. The molecule has 0 amide bonds. The number of methoxy groups -OCH3 is 2. The fourth-order valence-electron chi connectivity index (χ4n) is 2.46. The molecule has 1 aromatic heterocycles. The van der Waals surface area contributed by atoms with Crippen LogP contribution in [0.1, 0.15) is 6.42 Å². The number of hydrogen-bond acceptors (Lipinski definition) is 5. The number of ether oxygens (including phenoxy) is 3. The Bertz CT molecular complexity index is 609. The molecule has 1 aromatic carbocycles. The van der Waals surface area contributed by atoms with Gasteiger partial charge in [0.25, 0.3) is 0 Å². The monoisotopic (exact) mass is 274 g/mol. The average Bonchev–Trinajstić information content (AvgIpc) is 2.99. The Labute approximate surface area is 117 Å². The number of aromatic nitrogens is 1. The lowest BCUT2D eigenvalue weighted by atomic mass is 10.1. The Kier molecular flexibility index (Phi) is 3.60. The molecular weight excluding hydrogens is 256 g/mol. The van der Waals surface area contributed by atoms with Gasteiger partial charge in [0, 0.05) is 24.2 Å². The van der Waals surface area contributed by atoms with E-state index in [0.29, 0.717) is 11.5 Å². The first-order valence-electron chi connectivity index (χ1n) is 6.70. The summed E-state index contributed by atoms with van der Waals surface area (Å²) >= 11 is 0. The van der Waals surface area contributed by atoms with Crippen LogP contribution < -0.4 is 19.5 Å². The standard InChI is InChI=1S/C15H18N2O3/c1-18-14-7-11-12(8-15(14)19-2)17-6-4-13(11)20-10-3-5-16-9-10/h4,6-8,10,16H,3,5,9H2,1-2H3/t10-/m0/s1. The summed E-state index contributed by atoms with van der Waals surface area (Å²) in [6.07, 6.45) is 3.00. The first-order chi connectivity index (χ1) is 9.81. The van der Waals surface area contributed by atoms with Gasteiger partial charge in [-0.05, 0) is 25.1 Å². The maximum absolute atomic E-state index is 6.06. The molecule has 1 aliphatic rings. The van der Waals surface area contributed by atoms with Gasteiger partial charge in [-0.1, -0.05) is 0 Å². The van der Waals surface area contributed by atoms with Crippen LogP contribution in [0.25, 0.3) is 10.9 Å². The lowest BCUT2D eigenvalue weighted by Gasteiger charge is -2.15. The summed E-state index contributed by atoms with van der Waals surface area (Å²) < 4.78 is 16.7. The van der Waals surface area contributed by atoms with E-state index in [1.807, 2.05) is 18.2 Å². The molecule has 3 rings (SSSR count). The number of nitrogens with one attached hydrogen (secondary N) is 1. The van der Waals surface area contributed by atoms with Crippen molar-refractivity contribution < 1.29 is 14.2 Å². The van der Waals surface area contributed by atoms with Crippen LogP contribution in [-0.4, -0.2) is 38.4 Å². The Balaban J connectivity index is 2.03. The third-order valence-electron chi connectivity index (χ3n) is 3.52. The second-order valence-electron chi connectivity index (χ2n) is 4.77. The Hall–Kier alpha value is -2.01. The smallest absolute Gasteiger partial charge is 0.162 e. The third kappa shape index (κ3) is 2.36. The number of nitrogens with zero attached hydrogens (tertiary/aromatic N) is 1. The van der Waals surface area contributed by atoms with E-state index in [0.717, 1.165) is 36.2 Å². The zero-order valence-corrected chi connectivity index (χ0v) is 11.7. The second kappa shape index (κ2) is 5.54. The van der Waals surface area contributed by atoms with Gasteiger partial charge in [-0.15, -0.1) is 0 Å². The van der Waals surface area contributed by atoms with Crippen LogP contribution in [0.15, 0.2) is 24.4 Å². The number of rotatable bonds is 4. The minimum absolute atomic E-state index is 0.216. The molecular formula is C15H18N2O3. The van der Waals surface area contributed by atoms with Gasteiger partial charge in [-0.25, -0.2) is 0 Å². The molecule has 1 saturated heterocycles. The van der Waals surface area contributed by atoms with Crippen LogP contribution >= 0.6 is 0 Å². The summed E-state index contributed by atoms with van der Waals surface area (Å²) in [5.74, 6) is 2.19. The fraction of sp³-hybridized carbons (Fsp3) is 0.400. The molecule has 1 aliphatic heterocycles. The normalized spacial score (nSPS) is 18.2. The lowest BCUT2D eigenvalue weighted by molar-refractivity contribution is 0.226. The third-order valence-corrected chi connectivity index (χ3v) is 3.52. The highest BCUT2D eigenvalue weighted by Gasteiger charge is 2.18. The molecule has 0 saturated carbocycles. The first kappa shape index (κ1) is 13.0. The molecule has 5 nitrogen and oxygen atoms in total. The van der Waals surface area contributed by atoms with E-state index in [-0.39, 0.29) is 6.10 Å². The molecule has 5 heteroatoms. The van der Waals surface area contributed by atoms with Crippen LogP contribution in [0.4, 0.5) is 0 Å². The predicted octanol–water partition coefficient (Wildman–Crippen LogP) is 1.99. The molecule has 0 bridgehead atoms. The zero-order valence-electron chi connectivity index (χ0n) is 11.7. The van der Waals surface area contributed by atoms with E-state index < -0.39 is 0 Å². The first-order valence-corrected chi connectivity index (χ1v) is 6.70. The van der Waals surface area contributed by atoms with Gasteiger partial charge < -0.3 is 19.5 Å². The van der Waals surface area contributed by atoms with Gasteiger partial charge in [0.15, 0.2) is 11.5 Å². The SMILES string of the molecule is COc1cc2nccc(O[C@H]3CCNC3)c2cc1OC. The molecule has 0 unspecified atom stereocenters. The van der Waals surface area contributed by atoms with E-state index in [1.54, 1.807) is 20.4 Å². The van der Waals surface area contributed by atoms with Gasteiger partial charge in [0.05, 0.1) is 19.7 Å². The summed E-state index contributed by atoms with van der Waals surface area (Å²) in [7, 11) is 3.25. The quantitative estimate of drug-likeness (QED) is 0.924. The topological polar surface area (TPSA) is 52.6 Å². The summed E-state index contributed by atoms with van der Waals surface area (Å²) in [5, 5.41) is 4.24. The molecule has 0 radical (unpaired) electrons. The number of fused-ring (bicyclic) bond motifs is 1. The lowest BCUT2D eigenvalue weighted by Crippen LogP contribution is -2.19. The summed E-state index contributed by atoms with van der Waals surface area (Å²) in [6, 6.07) is 5.68. The van der Waals surface area contributed by atoms with E-state index in [1.165, 1.54) is 0 Å². The molecule has 0 aliphatic carbocycles. The summed E-state index contributed by atoms with van der Waals surface area (Å²) in [6.45, 7) is 1.89. The van der Waals surface area contributed by atoms with Crippen molar-refractivity contribution in [1.82, 2.24) is 10.3 Å². The van der Waals surface area contributed by atoms with Crippen molar-refractivity contribution >= 4 is 10.9 Å². The fourth-order valence-corrected chi connectivity index (χ4v) is 2.46. The van der Waals surface area contributed by atoms with Crippen molar-refractivity contribution in [1.29, 1.82) is 0 Å². The van der Waals surface area contributed by atoms with Crippen LogP contribution in [0.3, 0.4) is 0 Å². The Morgan fingerprint density at radius 3 is 2.65 bits per heavy atom. The largest absolute Gasteiger partial charge is 0.493 e. The van der Waals surface area contributed by atoms with Crippen molar-refractivity contribution in [2.75, 3.05) is 27.3 Å². The molecule has 20 heavy (non-hydrogen) atoms. The molecule has 1 atom stereocenters. The second-order valence-corrected chi connectivity index (χ2v) is 4.77. The van der Waals surface area contributed by atoms with Gasteiger partial charge in [0.2, 0.25) is 0 Å². The molecule has 106 valence electrons. The van der Waals surface area contributed by atoms with Gasteiger partial charge in [-0.3, -0.25) is 4.98 Å². The van der Waals surface area contributed by atoms with E-state index >= 15 is 0 Å². The minimum Gasteiger partial charge on any atom is -0.493 e. The molecule has 1 N–H and O–H groups in total. The van der Waals surface area contributed by atoms with Crippen molar-refractivity contribution in [3.05, 3.63) is 24.4 Å². The van der Waals surface area contributed by atoms with Crippen LogP contribution in [0.2, 0.25) is 0 Å². The maximum atomic E-state index is 6.06. The number of hydrogen-bond donors (Lipinski definition) is 1. The number of pyridine rings is 1. The highest BCUT2D eigenvalue weighted by Crippen LogP contribution is 2.35. The van der Waals surface area contributed by atoms with E-state index in [2.05, 4.69) is 10.3 Å². The highest BCUT2D eigenvalue weighted by molar-refractivity contribution is 5.88. The Morgan fingerprint density at radius 2 is 1.95 bits per heavy atom. The summed E-state index contributed by atoms with van der Waals surface area (Å²) in [5.41, 5.74) is 0.839.